The minimum Gasteiger partial charge on any atom is -0.481 e. The highest BCUT2D eigenvalue weighted by atomic mass is 33.1. The predicted octanol–water partition coefficient (Wildman–Crippen LogP) is 1.31. The highest BCUT2D eigenvalue weighted by Gasteiger charge is 1.89. The van der Waals surface area contributed by atoms with Gasteiger partial charge in [0.1, 0.15) is 0 Å². The maximum absolute atomic E-state index is 9.00. The molecule has 110 valence electrons. The Hall–Kier alpha value is -0.440. The number of hydrogen-bond donors (Lipinski definition) is 4. The van der Waals surface area contributed by atoms with Crippen LogP contribution in [0.4, 0.5) is 0 Å². The molecule has 0 spiro atoms. The van der Waals surface area contributed by atoms with Gasteiger partial charge in [0.05, 0.1) is 0 Å². The molecule has 0 fully saturated rings. The molecule has 4 N–H and O–H groups in total. The molecule has 0 aliphatic heterocycles. The average molecular weight is 302 g/mol. The van der Waals surface area contributed by atoms with Crippen molar-refractivity contribution in [2.75, 3.05) is 24.7 Å². The molecule has 0 saturated carbocycles. The van der Waals surface area contributed by atoms with E-state index in [1.54, 1.807) is 21.6 Å². The number of aliphatic hydroxyl groups excluding tert-OH is 2. The lowest BCUT2D eigenvalue weighted by Gasteiger charge is -1.96. The third-order valence-electron chi connectivity index (χ3n) is 0.855. The van der Waals surface area contributed by atoms with E-state index >= 15 is 0 Å². The third kappa shape index (κ3) is 76.7. The van der Waals surface area contributed by atoms with Crippen molar-refractivity contribution in [2.24, 2.45) is 0 Å². The molecule has 0 aromatic rings. The van der Waals surface area contributed by atoms with Gasteiger partial charge < -0.3 is 20.4 Å². The summed E-state index contributed by atoms with van der Waals surface area (Å²) in [5.41, 5.74) is 0. The number of rotatable bonds is 7. The molecule has 6 nitrogen and oxygen atoms in total. The van der Waals surface area contributed by atoms with Gasteiger partial charge >= 0.3 is 0 Å². The second kappa shape index (κ2) is 21.8. The van der Waals surface area contributed by atoms with Crippen molar-refractivity contribution in [3.05, 3.63) is 0 Å². The van der Waals surface area contributed by atoms with Crippen LogP contribution in [0.3, 0.4) is 0 Å². The molecule has 0 rings (SSSR count). The molecule has 0 amide bonds. The van der Waals surface area contributed by atoms with Crippen LogP contribution in [0.1, 0.15) is 26.7 Å². The maximum Gasteiger partial charge on any atom is 0.300 e. The van der Waals surface area contributed by atoms with E-state index in [2.05, 4.69) is 0 Å². The Morgan fingerprint density at radius 3 is 1.22 bits per heavy atom. The number of carbonyl (C=O) groups is 2. The Morgan fingerprint density at radius 1 is 0.833 bits per heavy atom. The lowest BCUT2D eigenvalue weighted by Crippen LogP contribution is -1.85. The molecule has 0 bridgehead atoms. The first-order chi connectivity index (χ1) is 8.38. The van der Waals surface area contributed by atoms with Crippen molar-refractivity contribution in [1.29, 1.82) is 0 Å². The fourth-order valence-corrected chi connectivity index (χ4v) is 2.51. The number of aliphatic carboxylic acids is 2. The molecule has 0 atom stereocenters. The molecule has 0 aromatic heterocycles. The van der Waals surface area contributed by atoms with Crippen LogP contribution >= 0.6 is 21.6 Å². The van der Waals surface area contributed by atoms with Crippen LogP contribution < -0.4 is 0 Å². The largest absolute Gasteiger partial charge is 0.481 e. The highest BCUT2D eigenvalue weighted by Crippen LogP contribution is 2.21. The van der Waals surface area contributed by atoms with E-state index in [1.807, 2.05) is 0 Å². The lowest BCUT2D eigenvalue weighted by molar-refractivity contribution is -0.135. The first-order valence-electron chi connectivity index (χ1n) is 5.23. The normalized spacial score (nSPS) is 8.44. The number of hydrogen-bond acceptors (Lipinski definition) is 6. The monoisotopic (exact) mass is 302 g/mol. The summed E-state index contributed by atoms with van der Waals surface area (Å²) in [6.07, 6.45) is 1.74. The summed E-state index contributed by atoms with van der Waals surface area (Å²) in [4.78, 5) is 18.0. The Labute approximate surface area is 115 Å². The summed E-state index contributed by atoms with van der Waals surface area (Å²) in [7, 11) is 3.53. The standard InChI is InChI=1S/C6H14O2S2.2C2H4O2/c7-3-1-5-9-10-6-2-4-8;2*1-2(3)4/h7-8H,1-6H2;2*1H3,(H,3,4). The second-order valence-corrected chi connectivity index (χ2v) is 5.54. The summed E-state index contributed by atoms with van der Waals surface area (Å²) in [5, 5.41) is 31.6. The summed E-state index contributed by atoms with van der Waals surface area (Å²) < 4.78 is 0. The van der Waals surface area contributed by atoms with Gasteiger partial charge in [-0.2, -0.15) is 0 Å². The van der Waals surface area contributed by atoms with Gasteiger partial charge in [-0.25, -0.2) is 0 Å². The van der Waals surface area contributed by atoms with Gasteiger partial charge in [-0.05, 0) is 12.8 Å². The SMILES string of the molecule is CC(=O)O.CC(=O)O.OCCCSSCCCO. The number of carboxylic acids is 2. The van der Waals surface area contributed by atoms with E-state index in [0.29, 0.717) is 0 Å². The molecule has 0 aliphatic carbocycles. The van der Waals surface area contributed by atoms with Crippen LogP contribution in [0.25, 0.3) is 0 Å². The van der Waals surface area contributed by atoms with E-state index in [0.717, 1.165) is 38.2 Å². The Balaban J connectivity index is -0.000000233. The van der Waals surface area contributed by atoms with Crippen LogP contribution in [0.2, 0.25) is 0 Å². The second-order valence-electron chi connectivity index (χ2n) is 2.84. The molecule has 0 radical (unpaired) electrons. The molecule has 0 heterocycles. The van der Waals surface area contributed by atoms with Gasteiger partial charge in [-0.15, -0.1) is 0 Å². The molecule has 18 heavy (non-hydrogen) atoms. The van der Waals surface area contributed by atoms with Gasteiger partial charge in [0.15, 0.2) is 0 Å². The fraction of sp³-hybridized carbons (Fsp3) is 0.800. The van der Waals surface area contributed by atoms with Gasteiger partial charge in [0, 0.05) is 38.6 Å². The molecule has 0 unspecified atom stereocenters. The molecular weight excluding hydrogens is 280 g/mol. The van der Waals surface area contributed by atoms with Crippen LogP contribution in [-0.4, -0.2) is 57.1 Å². The molecule has 0 aliphatic rings. The first kappa shape index (κ1) is 22.7. The van der Waals surface area contributed by atoms with Crippen molar-refractivity contribution in [3.8, 4) is 0 Å². The molecule has 0 saturated heterocycles. The number of aliphatic hydroxyl groups is 2. The summed E-state index contributed by atoms with van der Waals surface area (Å²) in [6, 6.07) is 0. The Morgan fingerprint density at radius 2 is 1.06 bits per heavy atom. The highest BCUT2D eigenvalue weighted by molar-refractivity contribution is 8.76. The third-order valence-corrected chi connectivity index (χ3v) is 3.43. The zero-order valence-electron chi connectivity index (χ0n) is 10.7. The Kier molecular flexibility index (Phi) is 27.5. The van der Waals surface area contributed by atoms with Crippen molar-refractivity contribution in [3.63, 3.8) is 0 Å². The van der Waals surface area contributed by atoms with E-state index in [1.165, 1.54) is 0 Å². The van der Waals surface area contributed by atoms with E-state index in [-0.39, 0.29) is 13.2 Å². The quantitative estimate of drug-likeness (QED) is 0.411. The zero-order valence-corrected chi connectivity index (χ0v) is 12.3. The van der Waals surface area contributed by atoms with E-state index in [4.69, 9.17) is 30.0 Å². The maximum atomic E-state index is 9.00. The average Bonchev–Trinajstić information content (AvgIpc) is 2.22. The van der Waals surface area contributed by atoms with E-state index in [9.17, 15) is 0 Å². The van der Waals surface area contributed by atoms with Crippen LogP contribution in [-0.2, 0) is 9.59 Å². The van der Waals surface area contributed by atoms with Crippen molar-refractivity contribution >= 4 is 33.5 Å². The van der Waals surface area contributed by atoms with Gasteiger partial charge in [-0.3, -0.25) is 9.59 Å². The van der Waals surface area contributed by atoms with Crippen LogP contribution in [0, 0.1) is 0 Å². The minimum atomic E-state index is -0.833. The predicted molar refractivity (Wildman–Crippen MR) is 74.9 cm³/mol. The first-order valence-corrected chi connectivity index (χ1v) is 7.72. The van der Waals surface area contributed by atoms with Gasteiger partial charge in [-0.1, -0.05) is 21.6 Å². The van der Waals surface area contributed by atoms with Crippen LogP contribution in [0.15, 0.2) is 0 Å². The Bertz CT molecular complexity index is 161. The smallest absolute Gasteiger partial charge is 0.300 e. The minimum absolute atomic E-state index is 0.285. The van der Waals surface area contributed by atoms with E-state index < -0.39 is 11.9 Å². The topological polar surface area (TPSA) is 115 Å². The van der Waals surface area contributed by atoms with Crippen LogP contribution in [0.5, 0.6) is 0 Å². The molecular formula is C10H22O6S2. The number of carboxylic acid groups (broad SMARTS) is 2. The fourth-order valence-electron chi connectivity index (χ4n) is 0.365. The van der Waals surface area contributed by atoms with Crippen molar-refractivity contribution in [1.82, 2.24) is 0 Å². The summed E-state index contributed by atoms with van der Waals surface area (Å²) in [6.45, 7) is 2.74. The van der Waals surface area contributed by atoms with Gasteiger partial charge in [0.25, 0.3) is 11.9 Å². The van der Waals surface area contributed by atoms with Gasteiger partial charge in [0.2, 0.25) is 0 Å². The summed E-state index contributed by atoms with van der Waals surface area (Å²) in [5.74, 6) is 0.346. The van der Waals surface area contributed by atoms with Crippen molar-refractivity contribution in [2.45, 2.75) is 26.7 Å². The molecule has 8 heteroatoms. The lowest BCUT2D eigenvalue weighted by atomic mass is 10.5. The summed E-state index contributed by atoms with van der Waals surface area (Å²) >= 11 is 0. The molecule has 0 aromatic carbocycles. The zero-order chi connectivity index (χ0) is 14.8. The van der Waals surface area contributed by atoms with Crippen molar-refractivity contribution < 1.29 is 30.0 Å².